The Labute approximate surface area is 136 Å². The Hall–Kier alpha value is -1.00. The lowest BCUT2D eigenvalue weighted by Crippen LogP contribution is -2.20. The third kappa shape index (κ3) is 3.27. The quantitative estimate of drug-likeness (QED) is 0.834. The van der Waals surface area contributed by atoms with Crippen LogP contribution in [-0.4, -0.2) is 21.7 Å². The highest BCUT2D eigenvalue weighted by molar-refractivity contribution is 8.22. The number of nitrogens with zero attached hydrogens (tertiary/aromatic N) is 1. The number of aromatic nitrogens is 1. The van der Waals surface area contributed by atoms with Gasteiger partial charge in [0.1, 0.15) is 4.32 Å². The first-order chi connectivity index (χ1) is 10.3. The summed E-state index contributed by atoms with van der Waals surface area (Å²) >= 11 is 6.81. The Balaban J connectivity index is 1.83. The maximum atomic E-state index is 5.21. The van der Waals surface area contributed by atoms with Gasteiger partial charge < -0.3 is 9.88 Å². The summed E-state index contributed by atoms with van der Waals surface area (Å²) in [6.45, 7) is 0.915. The van der Waals surface area contributed by atoms with Gasteiger partial charge in [0.15, 0.2) is 0 Å². The summed E-state index contributed by atoms with van der Waals surface area (Å²) in [5, 5.41) is 4.71. The van der Waals surface area contributed by atoms with Crippen LogP contribution in [0.2, 0.25) is 0 Å². The van der Waals surface area contributed by atoms with Crippen molar-refractivity contribution in [3.8, 4) is 0 Å². The van der Waals surface area contributed by atoms with Gasteiger partial charge in [-0.05, 0) is 37.1 Å². The fraction of sp³-hybridized carbons (Fsp3) is 0.471. The number of hydrogen-bond acceptors (Lipinski definition) is 2. The van der Waals surface area contributed by atoms with E-state index in [9.17, 15) is 0 Å². The Morgan fingerprint density at radius 1 is 1.33 bits per heavy atom. The van der Waals surface area contributed by atoms with Crippen LogP contribution in [0.1, 0.15) is 37.3 Å². The van der Waals surface area contributed by atoms with Gasteiger partial charge in [0.05, 0.1) is 0 Å². The zero-order chi connectivity index (χ0) is 14.7. The highest BCUT2D eigenvalue weighted by atomic mass is 32.2. The second kappa shape index (κ2) is 6.84. The monoisotopic (exact) mass is 318 g/mol. The lowest BCUT2D eigenvalue weighted by molar-refractivity contribution is 0.534. The van der Waals surface area contributed by atoms with Crippen LogP contribution in [0.25, 0.3) is 10.9 Å². The summed E-state index contributed by atoms with van der Waals surface area (Å²) in [6, 6.07) is 9.51. The number of thioether (sulfide) groups is 1. The van der Waals surface area contributed by atoms with Crippen LogP contribution in [0.4, 0.5) is 0 Å². The molecule has 1 aliphatic carbocycles. The standard InChI is InChI=1S/C17H22N2S2/c1-21-17(20)18-11-10-13-12-19(14-6-2-3-7-14)16-9-5-4-8-15(13)16/h4-5,8-9,12,14H,2-3,6-7,10-11H2,1H3,(H,18,20). The molecule has 1 fully saturated rings. The van der Waals surface area contributed by atoms with Crippen molar-refractivity contribution in [2.75, 3.05) is 12.8 Å². The fourth-order valence-corrected chi connectivity index (χ4v) is 3.68. The van der Waals surface area contributed by atoms with Crippen LogP contribution in [0, 0.1) is 0 Å². The maximum Gasteiger partial charge on any atom is 0.133 e. The van der Waals surface area contributed by atoms with Crippen molar-refractivity contribution >= 4 is 39.2 Å². The minimum Gasteiger partial charge on any atom is -0.371 e. The first-order valence-electron chi connectivity index (χ1n) is 7.70. The van der Waals surface area contributed by atoms with Crippen LogP contribution >= 0.6 is 24.0 Å². The molecule has 0 spiro atoms. The molecule has 1 saturated carbocycles. The van der Waals surface area contributed by atoms with E-state index in [1.807, 2.05) is 6.26 Å². The van der Waals surface area contributed by atoms with Gasteiger partial charge in [-0.2, -0.15) is 0 Å². The minimum atomic E-state index is 0.698. The summed E-state index contributed by atoms with van der Waals surface area (Å²) in [7, 11) is 0. The molecule has 2 aromatic rings. The second-order valence-corrected chi connectivity index (χ2v) is 7.17. The minimum absolute atomic E-state index is 0.698. The number of para-hydroxylation sites is 1. The summed E-state index contributed by atoms with van der Waals surface area (Å²) in [5.74, 6) is 0. The van der Waals surface area contributed by atoms with Crippen molar-refractivity contribution < 1.29 is 0 Å². The van der Waals surface area contributed by atoms with E-state index in [-0.39, 0.29) is 0 Å². The summed E-state index contributed by atoms with van der Waals surface area (Å²) in [5.41, 5.74) is 2.83. The largest absolute Gasteiger partial charge is 0.371 e. The average molecular weight is 319 g/mol. The number of fused-ring (bicyclic) bond motifs is 1. The molecule has 0 radical (unpaired) electrons. The molecule has 112 valence electrons. The van der Waals surface area contributed by atoms with Crippen molar-refractivity contribution in [2.24, 2.45) is 0 Å². The number of nitrogens with one attached hydrogen (secondary N) is 1. The summed E-state index contributed by atoms with van der Waals surface area (Å²) in [6.07, 6.45) is 10.8. The number of rotatable bonds is 4. The molecule has 0 saturated heterocycles. The molecule has 0 unspecified atom stereocenters. The van der Waals surface area contributed by atoms with Crippen molar-refractivity contribution in [3.05, 3.63) is 36.0 Å². The first kappa shape index (κ1) is 14.9. The summed E-state index contributed by atoms with van der Waals surface area (Å²) < 4.78 is 3.40. The third-order valence-corrected chi connectivity index (χ3v) is 5.55. The van der Waals surface area contributed by atoms with Crippen molar-refractivity contribution in [1.29, 1.82) is 0 Å². The molecule has 1 aromatic carbocycles. The second-order valence-electron chi connectivity index (χ2n) is 5.69. The van der Waals surface area contributed by atoms with Crippen LogP contribution in [-0.2, 0) is 6.42 Å². The van der Waals surface area contributed by atoms with Crippen molar-refractivity contribution in [3.63, 3.8) is 0 Å². The molecule has 3 rings (SSSR count). The molecule has 1 aliphatic rings. The van der Waals surface area contributed by atoms with Gasteiger partial charge in [-0.1, -0.05) is 43.3 Å². The topological polar surface area (TPSA) is 17.0 Å². The van der Waals surface area contributed by atoms with Gasteiger partial charge in [0.2, 0.25) is 0 Å². The van der Waals surface area contributed by atoms with Gasteiger partial charge >= 0.3 is 0 Å². The lowest BCUT2D eigenvalue weighted by atomic mass is 10.1. The maximum absolute atomic E-state index is 5.21. The third-order valence-electron chi connectivity index (χ3n) is 4.39. The fourth-order valence-electron chi connectivity index (χ4n) is 3.33. The Bertz CT molecular complexity index is 627. The van der Waals surface area contributed by atoms with Gasteiger partial charge in [-0.15, -0.1) is 11.8 Å². The molecule has 4 heteroatoms. The average Bonchev–Trinajstić information content (AvgIpc) is 3.15. The molecule has 0 amide bonds. The van der Waals surface area contributed by atoms with Crippen molar-refractivity contribution in [2.45, 2.75) is 38.1 Å². The molecular formula is C17H22N2S2. The van der Waals surface area contributed by atoms with Gasteiger partial charge in [0.25, 0.3) is 0 Å². The number of benzene rings is 1. The van der Waals surface area contributed by atoms with E-state index >= 15 is 0 Å². The molecule has 1 aromatic heterocycles. The molecule has 1 N–H and O–H groups in total. The molecule has 21 heavy (non-hydrogen) atoms. The van der Waals surface area contributed by atoms with Gasteiger partial charge in [-0.25, -0.2) is 0 Å². The van der Waals surface area contributed by atoms with Gasteiger partial charge in [-0.3, -0.25) is 0 Å². The molecular weight excluding hydrogens is 296 g/mol. The molecule has 0 atom stereocenters. The Kier molecular flexibility index (Phi) is 4.86. The smallest absolute Gasteiger partial charge is 0.133 e. The lowest BCUT2D eigenvalue weighted by Gasteiger charge is -2.13. The van der Waals surface area contributed by atoms with E-state index in [0.717, 1.165) is 17.3 Å². The van der Waals surface area contributed by atoms with E-state index in [0.29, 0.717) is 6.04 Å². The predicted molar refractivity (Wildman–Crippen MR) is 97.3 cm³/mol. The van der Waals surface area contributed by atoms with Crippen molar-refractivity contribution in [1.82, 2.24) is 9.88 Å². The van der Waals surface area contributed by atoms with Crippen LogP contribution < -0.4 is 5.32 Å². The van der Waals surface area contributed by atoms with Gasteiger partial charge in [0, 0.05) is 29.7 Å². The molecule has 2 nitrogen and oxygen atoms in total. The van der Waals surface area contributed by atoms with E-state index in [4.69, 9.17) is 12.2 Å². The molecule has 1 heterocycles. The molecule has 0 bridgehead atoms. The molecule has 0 aliphatic heterocycles. The van der Waals surface area contributed by atoms with E-state index in [1.54, 1.807) is 11.8 Å². The Morgan fingerprint density at radius 3 is 2.86 bits per heavy atom. The van der Waals surface area contributed by atoms with E-state index in [2.05, 4.69) is 40.3 Å². The highest BCUT2D eigenvalue weighted by Gasteiger charge is 2.19. The van der Waals surface area contributed by atoms with Crippen LogP contribution in [0.5, 0.6) is 0 Å². The van der Waals surface area contributed by atoms with E-state index in [1.165, 1.54) is 42.1 Å². The normalized spacial score (nSPS) is 15.7. The Morgan fingerprint density at radius 2 is 2.10 bits per heavy atom. The zero-order valence-electron chi connectivity index (χ0n) is 12.5. The predicted octanol–water partition coefficient (Wildman–Crippen LogP) is 4.54. The number of thiocarbonyl (C=S) groups is 1. The van der Waals surface area contributed by atoms with Crippen LogP contribution in [0.3, 0.4) is 0 Å². The first-order valence-corrected chi connectivity index (χ1v) is 9.33. The summed E-state index contributed by atoms with van der Waals surface area (Å²) in [4.78, 5) is 0. The van der Waals surface area contributed by atoms with E-state index < -0.39 is 0 Å². The number of hydrogen-bond donors (Lipinski definition) is 1. The highest BCUT2D eigenvalue weighted by Crippen LogP contribution is 2.34. The van der Waals surface area contributed by atoms with Crippen LogP contribution in [0.15, 0.2) is 30.5 Å². The zero-order valence-corrected chi connectivity index (χ0v) is 14.1. The SMILES string of the molecule is CSC(=S)NCCc1cn(C2CCCC2)c2ccccc12.